The number of rotatable bonds is 4. The van der Waals surface area contributed by atoms with E-state index in [0.29, 0.717) is 12.3 Å². The molecule has 1 aromatic carbocycles. The van der Waals surface area contributed by atoms with Crippen LogP contribution in [0.1, 0.15) is 5.56 Å². The molecule has 7 nitrogen and oxygen atoms in total. The van der Waals surface area contributed by atoms with E-state index in [9.17, 15) is 9.59 Å². The van der Waals surface area contributed by atoms with Crippen molar-refractivity contribution in [1.29, 1.82) is 0 Å². The number of benzene rings is 1. The minimum atomic E-state index is -0.563. The fourth-order valence-corrected chi connectivity index (χ4v) is 1.78. The second kappa shape index (κ2) is 5.70. The van der Waals surface area contributed by atoms with E-state index in [1.807, 2.05) is 19.2 Å². The lowest BCUT2D eigenvalue weighted by Crippen LogP contribution is -2.38. The molecule has 0 saturated carbocycles. The molecule has 106 valence electrons. The molecule has 0 amide bonds. The molecule has 0 unspecified atom stereocenters. The summed E-state index contributed by atoms with van der Waals surface area (Å²) in [5.41, 5.74) is -0.161. The molecule has 1 N–H and O–H groups in total. The molecular weight excluding hydrogens is 260 g/mol. The van der Waals surface area contributed by atoms with Gasteiger partial charge in [-0.05, 0) is 13.1 Å². The van der Waals surface area contributed by atoms with Crippen LogP contribution in [0.4, 0.5) is 0 Å². The molecule has 1 heterocycles. The van der Waals surface area contributed by atoms with Gasteiger partial charge in [0.2, 0.25) is 0 Å². The Morgan fingerprint density at radius 2 is 1.95 bits per heavy atom. The summed E-state index contributed by atoms with van der Waals surface area (Å²) in [4.78, 5) is 23.5. The summed E-state index contributed by atoms with van der Waals surface area (Å²) >= 11 is 0. The largest absolute Gasteiger partial charge is 0.433 e. The van der Waals surface area contributed by atoms with E-state index < -0.39 is 11.2 Å². The van der Waals surface area contributed by atoms with Gasteiger partial charge >= 0.3 is 17.1 Å². The molecule has 20 heavy (non-hydrogen) atoms. The van der Waals surface area contributed by atoms with Gasteiger partial charge in [0.1, 0.15) is 5.75 Å². The predicted molar refractivity (Wildman–Crippen MR) is 74.0 cm³/mol. The third-order valence-corrected chi connectivity index (χ3v) is 2.84. The molecular formula is C13H16N4O3. The number of nitrogens with zero attached hydrogens (tertiary/aromatic N) is 3. The van der Waals surface area contributed by atoms with Gasteiger partial charge in [-0.3, -0.25) is 9.36 Å². The Kier molecular flexibility index (Phi) is 3.99. The van der Waals surface area contributed by atoms with Crippen molar-refractivity contribution in [3.63, 3.8) is 0 Å². The molecule has 0 radical (unpaired) electrons. The molecule has 0 spiro atoms. The molecule has 2 aromatic rings. The number of hydrogen-bond acceptors (Lipinski definition) is 5. The first kappa shape index (κ1) is 14.0. The molecule has 0 atom stereocenters. The standard InChI is InChI=1S/C13H16N4O3/c1-14-8-9-6-4-5-7-10(9)20-11-12(18)16(2)13(19)17(3)15-11/h4-7,14H,8H2,1-3H3. The average Bonchev–Trinajstić information content (AvgIpc) is 2.45. The van der Waals surface area contributed by atoms with Gasteiger partial charge in [-0.25, -0.2) is 9.48 Å². The minimum Gasteiger partial charge on any atom is -0.433 e. The minimum absolute atomic E-state index is 0.127. The van der Waals surface area contributed by atoms with Crippen molar-refractivity contribution in [1.82, 2.24) is 19.7 Å². The fourth-order valence-electron chi connectivity index (χ4n) is 1.78. The lowest BCUT2D eigenvalue weighted by Gasteiger charge is -2.10. The van der Waals surface area contributed by atoms with Crippen molar-refractivity contribution in [3.05, 3.63) is 50.7 Å². The van der Waals surface area contributed by atoms with Gasteiger partial charge in [0.15, 0.2) is 0 Å². The van der Waals surface area contributed by atoms with E-state index in [4.69, 9.17) is 4.74 Å². The lowest BCUT2D eigenvalue weighted by atomic mass is 10.2. The molecule has 2 rings (SSSR count). The third-order valence-electron chi connectivity index (χ3n) is 2.84. The predicted octanol–water partition coefficient (Wildman–Crippen LogP) is -0.00930. The topological polar surface area (TPSA) is 78.2 Å². The Balaban J connectivity index is 2.46. The normalized spacial score (nSPS) is 10.6. The quantitative estimate of drug-likeness (QED) is 0.850. The van der Waals surface area contributed by atoms with Crippen LogP contribution in [-0.2, 0) is 20.6 Å². The van der Waals surface area contributed by atoms with Gasteiger partial charge in [0.25, 0.3) is 0 Å². The number of hydrogen-bond donors (Lipinski definition) is 1. The second-order valence-corrected chi connectivity index (χ2v) is 4.32. The SMILES string of the molecule is CNCc1ccccc1Oc1nn(C)c(=O)n(C)c1=O. The van der Waals surface area contributed by atoms with Gasteiger partial charge in [-0.1, -0.05) is 18.2 Å². The van der Waals surface area contributed by atoms with E-state index >= 15 is 0 Å². The van der Waals surface area contributed by atoms with E-state index in [2.05, 4.69) is 10.4 Å². The van der Waals surface area contributed by atoms with Crippen LogP contribution >= 0.6 is 0 Å². The zero-order chi connectivity index (χ0) is 14.7. The summed E-state index contributed by atoms with van der Waals surface area (Å²) in [7, 11) is 4.67. The van der Waals surface area contributed by atoms with Crippen molar-refractivity contribution in [2.45, 2.75) is 6.54 Å². The van der Waals surface area contributed by atoms with Crippen LogP contribution in [0.5, 0.6) is 11.6 Å². The monoisotopic (exact) mass is 276 g/mol. The highest BCUT2D eigenvalue weighted by atomic mass is 16.5. The molecule has 0 aliphatic rings. The molecule has 0 aliphatic carbocycles. The average molecular weight is 276 g/mol. The Bertz CT molecular complexity index is 733. The van der Waals surface area contributed by atoms with Crippen LogP contribution in [0.25, 0.3) is 0 Å². The summed E-state index contributed by atoms with van der Waals surface area (Å²) in [5.74, 6) is 0.406. The molecule has 1 aromatic heterocycles. The molecule has 0 fully saturated rings. The molecule has 0 saturated heterocycles. The first-order valence-corrected chi connectivity index (χ1v) is 6.09. The van der Waals surface area contributed by atoms with E-state index in [-0.39, 0.29) is 5.88 Å². The Labute approximate surface area is 115 Å². The number of nitrogens with one attached hydrogen (secondary N) is 1. The number of aryl methyl sites for hydroxylation is 1. The van der Waals surface area contributed by atoms with Gasteiger partial charge in [0, 0.05) is 26.2 Å². The number of aromatic nitrogens is 3. The maximum absolute atomic E-state index is 12.0. The fraction of sp³-hybridized carbons (Fsp3) is 0.308. The molecule has 7 heteroatoms. The maximum Gasteiger partial charge on any atom is 0.347 e. The first-order valence-electron chi connectivity index (χ1n) is 6.09. The second-order valence-electron chi connectivity index (χ2n) is 4.32. The smallest absolute Gasteiger partial charge is 0.347 e. The van der Waals surface area contributed by atoms with Gasteiger partial charge in [-0.2, -0.15) is 0 Å². The van der Waals surface area contributed by atoms with Crippen LogP contribution in [0, 0.1) is 0 Å². The highest BCUT2D eigenvalue weighted by Crippen LogP contribution is 2.21. The molecule has 0 bridgehead atoms. The summed E-state index contributed by atoms with van der Waals surface area (Å²) in [6, 6.07) is 7.32. The molecule has 0 aliphatic heterocycles. The van der Waals surface area contributed by atoms with Crippen molar-refractivity contribution in [3.8, 4) is 11.6 Å². The van der Waals surface area contributed by atoms with Crippen LogP contribution in [0.15, 0.2) is 33.9 Å². The van der Waals surface area contributed by atoms with E-state index in [1.54, 1.807) is 12.1 Å². The Morgan fingerprint density at radius 3 is 2.65 bits per heavy atom. The van der Waals surface area contributed by atoms with E-state index in [1.165, 1.54) is 14.1 Å². The van der Waals surface area contributed by atoms with Crippen LogP contribution in [-0.4, -0.2) is 21.4 Å². The lowest BCUT2D eigenvalue weighted by molar-refractivity contribution is 0.410. The zero-order valence-electron chi connectivity index (χ0n) is 11.6. The van der Waals surface area contributed by atoms with Crippen LogP contribution in [0.2, 0.25) is 0 Å². The first-order chi connectivity index (χ1) is 9.54. The summed E-state index contributed by atoms with van der Waals surface area (Å²) in [6.45, 7) is 0.599. The van der Waals surface area contributed by atoms with Crippen LogP contribution < -0.4 is 21.3 Å². The van der Waals surface area contributed by atoms with Crippen molar-refractivity contribution < 1.29 is 4.74 Å². The Morgan fingerprint density at radius 1 is 1.25 bits per heavy atom. The van der Waals surface area contributed by atoms with Gasteiger partial charge < -0.3 is 10.1 Å². The summed E-state index contributed by atoms with van der Waals surface area (Å²) < 4.78 is 7.59. The van der Waals surface area contributed by atoms with Gasteiger partial charge in [0.05, 0.1) is 0 Å². The summed E-state index contributed by atoms with van der Waals surface area (Å²) in [5, 5.41) is 6.88. The van der Waals surface area contributed by atoms with E-state index in [0.717, 1.165) is 14.8 Å². The van der Waals surface area contributed by atoms with Crippen molar-refractivity contribution >= 4 is 0 Å². The zero-order valence-corrected chi connectivity index (χ0v) is 11.6. The van der Waals surface area contributed by atoms with Crippen molar-refractivity contribution in [2.24, 2.45) is 14.1 Å². The highest BCUT2D eigenvalue weighted by molar-refractivity contribution is 5.35. The van der Waals surface area contributed by atoms with Gasteiger partial charge in [-0.15, -0.1) is 5.10 Å². The third kappa shape index (κ3) is 2.62. The van der Waals surface area contributed by atoms with Crippen LogP contribution in [0.3, 0.4) is 0 Å². The van der Waals surface area contributed by atoms with Crippen molar-refractivity contribution in [2.75, 3.05) is 7.05 Å². The number of ether oxygens (including phenoxy) is 1. The Hall–Kier alpha value is -2.41. The maximum atomic E-state index is 12.0. The summed E-state index contributed by atoms with van der Waals surface area (Å²) in [6.07, 6.45) is 0. The number of para-hydroxylation sites is 1. The highest BCUT2D eigenvalue weighted by Gasteiger charge is 2.12.